The summed E-state index contributed by atoms with van der Waals surface area (Å²) in [6.07, 6.45) is 5.92. The molecule has 2 fully saturated rings. The van der Waals surface area contributed by atoms with Gasteiger partial charge in [0, 0.05) is 18.5 Å². The molecule has 1 amide bonds. The van der Waals surface area contributed by atoms with E-state index in [9.17, 15) is 4.79 Å². The fourth-order valence-electron chi connectivity index (χ4n) is 3.61. The van der Waals surface area contributed by atoms with Gasteiger partial charge in [-0.3, -0.25) is 4.79 Å². The molecule has 1 aromatic heterocycles. The number of hydrogen-bond acceptors (Lipinski definition) is 2. The molecular formula is C18H23N3O. The summed E-state index contributed by atoms with van der Waals surface area (Å²) in [4.78, 5) is 19.6. The predicted octanol–water partition coefficient (Wildman–Crippen LogP) is 3.31. The molecule has 2 aliphatic rings. The fraction of sp³-hybridized carbons (Fsp3) is 0.556. The van der Waals surface area contributed by atoms with Crippen LogP contribution in [0.5, 0.6) is 0 Å². The summed E-state index contributed by atoms with van der Waals surface area (Å²) in [6.45, 7) is 3.52. The monoisotopic (exact) mass is 297 g/mol. The maximum Gasteiger partial charge on any atom is 0.242 e. The SMILES string of the molecule is CC1CCCCN1C(=O)Cn1c(C2CC2)nc2ccccc21. The van der Waals surface area contributed by atoms with Gasteiger partial charge in [-0.15, -0.1) is 0 Å². The van der Waals surface area contributed by atoms with Crippen LogP contribution in [0.3, 0.4) is 0 Å². The molecule has 1 aliphatic heterocycles. The zero-order chi connectivity index (χ0) is 15.1. The van der Waals surface area contributed by atoms with Gasteiger partial charge in [0.15, 0.2) is 0 Å². The summed E-state index contributed by atoms with van der Waals surface area (Å²) in [6, 6.07) is 8.56. The van der Waals surface area contributed by atoms with E-state index in [-0.39, 0.29) is 5.91 Å². The number of fused-ring (bicyclic) bond motifs is 1. The van der Waals surface area contributed by atoms with Gasteiger partial charge in [0.25, 0.3) is 0 Å². The molecule has 0 spiro atoms. The van der Waals surface area contributed by atoms with Gasteiger partial charge in [-0.1, -0.05) is 12.1 Å². The first-order valence-corrected chi connectivity index (χ1v) is 8.48. The Hall–Kier alpha value is -1.84. The third kappa shape index (κ3) is 2.40. The smallest absolute Gasteiger partial charge is 0.242 e. The quantitative estimate of drug-likeness (QED) is 0.871. The van der Waals surface area contributed by atoms with E-state index >= 15 is 0 Å². The zero-order valence-corrected chi connectivity index (χ0v) is 13.2. The van der Waals surface area contributed by atoms with Crippen molar-refractivity contribution in [1.29, 1.82) is 0 Å². The Kier molecular flexibility index (Phi) is 3.40. The van der Waals surface area contributed by atoms with Crippen LogP contribution in [0.4, 0.5) is 0 Å². The molecule has 0 N–H and O–H groups in total. The average molecular weight is 297 g/mol. The number of imidazole rings is 1. The van der Waals surface area contributed by atoms with E-state index in [0.29, 0.717) is 18.5 Å². The van der Waals surface area contributed by atoms with Crippen LogP contribution in [-0.4, -0.2) is 32.9 Å². The number of nitrogens with zero attached hydrogens (tertiary/aromatic N) is 3. The van der Waals surface area contributed by atoms with Gasteiger partial charge < -0.3 is 9.47 Å². The van der Waals surface area contributed by atoms with E-state index in [1.54, 1.807) is 0 Å². The van der Waals surface area contributed by atoms with Crippen LogP contribution in [0.25, 0.3) is 11.0 Å². The van der Waals surface area contributed by atoms with Crippen LogP contribution in [0.15, 0.2) is 24.3 Å². The largest absolute Gasteiger partial charge is 0.338 e. The number of amides is 1. The number of rotatable bonds is 3. The molecule has 0 bridgehead atoms. The van der Waals surface area contributed by atoms with Crippen LogP contribution in [-0.2, 0) is 11.3 Å². The van der Waals surface area contributed by atoms with Crippen LogP contribution < -0.4 is 0 Å². The van der Waals surface area contributed by atoms with E-state index in [0.717, 1.165) is 36.2 Å². The molecular weight excluding hydrogens is 274 g/mol. The van der Waals surface area contributed by atoms with Gasteiger partial charge in [-0.2, -0.15) is 0 Å². The minimum atomic E-state index is 0.247. The Morgan fingerprint density at radius 2 is 2.05 bits per heavy atom. The van der Waals surface area contributed by atoms with Gasteiger partial charge in [0.2, 0.25) is 5.91 Å². The maximum atomic E-state index is 12.8. The summed E-state index contributed by atoms with van der Waals surface area (Å²) in [5.41, 5.74) is 2.12. The zero-order valence-electron chi connectivity index (χ0n) is 13.2. The van der Waals surface area contributed by atoms with Crippen molar-refractivity contribution in [2.24, 2.45) is 0 Å². The average Bonchev–Trinajstić information content (AvgIpc) is 3.31. The molecule has 4 heteroatoms. The summed E-state index contributed by atoms with van der Waals surface area (Å²) >= 11 is 0. The standard InChI is InChI=1S/C18H23N3O/c1-13-6-4-5-11-20(13)17(22)12-21-16-8-3-2-7-15(16)19-18(21)14-9-10-14/h2-3,7-8,13-14H,4-6,9-12H2,1H3. The molecule has 1 saturated heterocycles. The van der Waals surface area contributed by atoms with Crippen molar-refractivity contribution in [3.8, 4) is 0 Å². The highest BCUT2D eigenvalue weighted by molar-refractivity contribution is 5.81. The molecule has 1 atom stereocenters. The van der Waals surface area contributed by atoms with Crippen molar-refractivity contribution in [1.82, 2.24) is 14.5 Å². The summed E-state index contributed by atoms with van der Waals surface area (Å²) in [5.74, 6) is 1.91. The summed E-state index contributed by atoms with van der Waals surface area (Å²) in [5, 5.41) is 0. The number of hydrogen-bond donors (Lipinski definition) is 0. The number of likely N-dealkylation sites (tertiary alicyclic amines) is 1. The normalized spacial score (nSPS) is 22.2. The second-order valence-corrected chi connectivity index (χ2v) is 6.75. The molecule has 2 heterocycles. The summed E-state index contributed by atoms with van der Waals surface area (Å²) in [7, 11) is 0. The second kappa shape index (κ2) is 5.41. The Morgan fingerprint density at radius 1 is 1.23 bits per heavy atom. The van der Waals surface area contributed by atoms with Crippen molar-refractivity contribution in [2.75, 3.05) is 6.54 Å². The molecule has 4 rings (SSSR count). The van der Waals surface area contributed by atoms with Gasteiger partial charge in [-0.05, 0) is 51.2 Å². The van der Waals surface area contributed by atoms with E-state index in [4.69, 9.17) is 4.98 Å². The molecule has 1 aliphatic carbocycles. The maximum absolute atomic E-state index is 12.8. The lowest BCUT2D eigenvalue weighted by molar-refractivity contribution is -0.135. The fourth-order valence-corrected chi connectivity index (χ4v) is 3.61. The lowest BCUT2D eigenvalue weighted by atomic mass is 10.0. The number of aromatic nitrogens is 2. The first kappa shape index (κ1) is 13.8. The lowest BCUT2D eigenvalue weighted by Gasteiger charge is -2.33. The highest BCUT2D eigenvalue weighted by Gasteiger charge is 2.31. The van der Waals surface area contributed by atoms with E-state index in [1.165, 1.54) is 19.3 Å². The van der Waals surface area contributed by atoms with Gasteiger partial charge in [0.1, 0.15) is 12.4 Å². The Balaban J connectivity index is 1.65. The summed E-state index contributed by atoms with van der Waals surface area (Å²) < 4.78 is 2.16. The van der Waals surface area contributed by atoms with Crippen LogP contribution in [0.1, 0.15) is 50.8 Å². The van der Waals surface area contributed by atoms with Crippen molar-refractivity contribution in [2.45, 2.75) is 57.5 Å². The Bertz CT molecular complexity index is 701. The van der Waals surface area contributed by atoms with Crippen LogP contribution in [0.2, 0.25) is 0 Å². The minimum absolute atomic E-state index is 0.247. The molecule has 22 heavy (non-hydrogen) atoms. The number of piperidine rings is 1. The molecule has 2 aromatic rings. The predicted molar refractivity (Wildman–Crippen MR) is 86.7 cm³/mol. The topological polar surface area (TPSA) is 38.1 Å². The van der Waals surface area contributed by atoms with E-state index < -0.39 is 0 Å². The molecule has 1 aromatic carbocycles. The molecule has 116 valence electrons. The highest BCUT2D eigenvalue weighted by Crippen LogP contribution is 2.40. The minimum Gasteiger partial charge on any atom is -0.338 e. The molecule has 1 unspecified atom stereocenters. The van der Waals surface area contributed by atoms with Crippen LogP contribution >= 0.6 is 0 Å². The highest BCUT2D eigenvalue weighted by atomic mass is 16.2. The number of carbonyl (C=O) groups excluding carboxylic acids is 1. The van der Waals surface area contributed by atoms with Gasteiger partial charge >= 0.3 is 0 Å². The molecule has 0 radical (unpaired) electrons. The first-order chi connectivity index (χ1) is 10.7. The van der Waals surface area contributed by atoms with E-state index in [2.05, 4.69) is 22.5 Å². The third-order valence-electron chi connectivity index (χ3n) is 5.04. The van der Waals surface area contributed by atoms with Gasteiger partial charge in [0.05, 0.1) is 11.0 Å². The number of benzene rings is 1. The number of para-hydroxylation sites is 2. The van der Waals surface area contributed by atoms with E-state index in [1.807, 2.05) is 18.2 Å². The second-order valence-electron chi connectivity index (χ2n) is 6.75. The van der Waals surface area contributed by atoms with Gasteiger partial charge in [-0.25, -0.2) is 4.98 Å². The first-order valence-electron chi connectivity index (χ1n) is 8.48. The van der Waals surface area contributed by atoms with Crippen LogP contribution in [0, 0.1) is 0 Å². The van der Waals surface area contributed by atoms with Crippen molar-refractivity contribution >= 4 is 16.9 Å². The Labute approximate surface area is 131 Å². The third-order valence-corrected chi connectivity index (χ3v) is 5.04. The number of carbonyl (C=O) groups is 1. The van der Waals surface area contributed by atoms with Crippen molar-refractivity contribution in [3.63, 3.8) is 0 Å². The Morgan fingerprint density at radius 3 is 2.82 bits per heavy atom. The lowest BCUT2D eigenvalue weighted by Crippen LogP contribution is -2.43. The molecule has 4 nitrogen and oxygen atoms in total. The van der Waals surface area contributed by atoms with Crippen molar-refractivity contribution in [3.05, 3.63) is 30.1 Å². The molecule has 1 saturated carbocycles. The van der Waals surface area contributed by atoms with Crippen molar-refractivity contribution < 1.29 is 4.79 Å².